The van der Waals surface area contributed by atoms with E-state index in [4.69, 9.17) is 5.73 Å². The highest BCUT2D eigenvalue weighted by Crippen LogP contribution is 2.57. The molecule has 8 unspecified atom stereocenters. The van der Waals surface area contributed by atoms with E-state index in [1.54, 1.807) is 6.08 Å². The molecule has 4 nitrogen and oxygen atoms in total. The van der Waals surface area contributed by atoms with E-state index >= 15 is 0 Å². The van der Waals surface area contributed by atoms with Gasteiger partial charge in [0.1, 0.15) is 0 Å². The van der Waals surface area contributed by atoms with Gasteiger partial charge in [0.15, 0.2) is 5.78 Å². The summed E-state index contributed by atoms with van der Waals surface area (Å²) in [6, 6.07) is 0.770. The topological polar surface area (TPSA) is 63.4 Å². The van der Waals surface area contributed by atoms with E-state index in [2.05, 4.69) is 11.8 Å². The minimum absolute atomic E-state index is 0.0781. The fraction of sp³-hybridized carbons (Fsp3) is 0.750. The number of piperidine rings is 2. The van der Waals surface area contributed by atoms with Gasteiger partial charge in [0, 0.05) is 18.5 Å². The summed E-state index contributed by atoms with van der Waals surface area (Å²) in [4.78, 5) is 26.3. The fourth-order valence-corrected chi connectivity index (χ4v) is 5.59. The van der Waals surface area contributed by atoms with Gasteiger partial charge in [-0.05, 0) is 49.0 Å². The van der Waals surface area contributed by atoms with Crippen molar-refractivity contribution in [3.8, 4) is 0 Å². The van der Waals surface area contributed by atoms with Crippen molar-refractivity contribution >= 4 is 11.7 Å². The molecule has 3 saturated heterocycles. The van der Waals surface area contributed by atoms with Gasteiger partial charge in [-0.15, -0.1) is 0 Å². The molecular formula is C16H22N2O2. The molecule has 4 aliphatic rings. The molecule has 8 atom stereocenters. The van der Waals surface area contributed by atoms with Crippen LogP contribution in [0, 0.1) is 29.6 Å². The molecule has 4 rings (SSSR count). The lowest BCUT2D eigenvalue weighted by Crippen LogP contribution is -2.55. The number of rotatable bonds is 2. The number of ketones is 1. The lowest BCUT2D eigenvalue weighted by Gasteiger charge is -2.46. The first-order valence-electron chi connectivity index (χ1n) is 7.83. The molecule has 0 aromatic rings. The third-order valence-corrected chi connectivity index (χ3v) is 6.17. The summed E-state index contributed by atoms with van der Waals surface area (Å²) in [7, 11) is 0. The van der Waals surface area contributed by atoms with Crippen molar-refractivity contribution in [3.05, 3.63) is 12.2 Å². The Bertz CT molecular complexity index is 501. The van der Waals surface area contributed by atoms with Crippen LogP contribution in [0.4, 0.5) is 0 Å². The second kappa shape index (κ2) is 4.17. The summed E-state index contributed by atoms with van der Waals surface area (Å²) in [5, 5.41) is 0. The van der Waals surface area contributed by atoms with Crippen LogP contribution in [0.15, 0.2) is 12.2 Å². The summed E-state index contributed by atoms with van der Waals surface area (Å²) in [5.41, 5.74) is 5.18. The summed E-state index contributed by atoms with van der Waals surface area (Å²) in [6.07, 6.45) is 6.79. The number of amides is 1. The maximum atomic E-state index is 12.9. The average molecular weight is 274 g/mol. The number of hydrogen-bond acceptors (Lipinski definition) is 3. The SMILES string of the molecule is CC1CC2C3CC4CN(C3C1)C2C(=O)C4/C=C/C(N)=O. The van der Waals surface area contributed by atoms with Crippen molar-refractivity contribution in [3.63, 3.8) is 0 Å². The lowest BCUT2D eigenvalue weighted by molar-refractivity contribution is -0.133. The van der Waals surface area contributed by atoms with E-state index in [9.17, 15) is 9.59 Å². The van der Waals surface area contributed by atoms with Crippen LogP contribution < -0.4 is 5.73 Å². The average Bonchev–Trinajstić information content (AvgIpc) is 2.55. The first-order chi connectivity index (χ1) is 9.56. The zero-order valence-electron chi connectivity index (χ0n) is 11.9. The van der Waals surface area contributed by atoms with Crippen LogP contribution in [-0.4, -0.2) is 35.2 Å². The Labute approximate surface area is 119 Å². The predicted octanol–water partition coefficient (Wildman–Crippen LogP) is 0.962. The van der Waals surface area contributed by atoms with Gasteiger partial charge in [0.25, 0.3) is 0 Å². The molecule has 5 bridgehead atoms. The molecule has 4 fully saturated rings. The minimum Gasteiger partial charge on any atom is -0.366 e. The van der Waals surface area contributed by atoms with Gasteiger partial charge in [0.05, 0.1) is 6.04 Å². The molecule has 0 spiro atoms. The number of nitrogens with zero attached hydrogens (tertiary/aromatic N) is 1. The Kier molecular flexibility index (Phi) is 2.62. The van der Waals surface area contributed by atoms with Crippen molar-refractivity contribution in [1.29, 1.82) is 0 Å². The first kappa shape index (κ1) is 12.6. The van der Waals surface area contributed by atoms with E-state index in [1.807, 2.05) is 0 Å². The maximum absolute atomic E-state index is 12.9. The second-order valence-corrected chi connectivity index (χ2v) is 7.30. The Morgan fingerprint density at radius 3 is 2.85 bits per heavy atom. The number of allylic oxidation sites excluding steroid dienone is 1. The molecule has 1 aliphatic carbocycles. The van der Waals surface area contributed by atoms with Crippen LogP contribution in [0.3, 0.4) is 0 Å². The summed E-state index contributed by atoms with van der Waals surface area (Å²) in [6.45, 7) is 3.36. The zero-order valence-corrected chi connectivity index (χ0v) is 11.9. The Morgan fingerprint density at radius 2 is 2.10 bits per heavy atom. The van der Waals surface area contributed by atoms with Crippen LogP contribution in [0.25, 0.3) is 0 Å². The Balaban J connectivity index is 1.67. The summed E-state index contributed by atoms with van der Waals surface area (Å²) >= 11 is 0. The third-order valence-electron chi connectivity index (χ3n) is 6.17. The van der Waals surface area contributed by atoms with Gasteiger partial charge in [0.2, 0.25) is 5.91 Å². The molecule has 1 saturated carbocycles. The Morgan fingerprint density at radius 1 is 1.30 bits per heavy atom. The van der Waals surface area contributed by atoms with E-state index in [0.717, 1.165) is 18.9 Å². The number of hydrogen-bond donors (Lipinski definition) is 1. The summed E-state index contributed by atoms with van der Waals surface area (Å²) in [5.74, 6) is 2.24. The number of nitrogens with two attached hydrogens (primary N) is 1. The molecule has 3 heterocycles. The maximum Gasteiger partial charge on any atom is 0.241 e. The quantitative estimate of drug-likeness (QED) is 0.763. The summed E-state index contributed by atoms with van der Waals surface area (Å²) < 4.78 is 0. The number of fused-ring (bicyclic) bond motifs is 2. The van der Waals surface area contributed by atoms with Crippen LogP contribution in [0.2, 0.25) is 0 Å². The molecule has 2 N–H and O–H groups in total. The molecule has 0 aromatic heterocycles. The van der Waals surface area contributed by atoms with Crippen molar-refractivity contribution in [2.45, 2.75) is 38.3 Å². The zero-order chi connectivity index (χ0) is 14.0. The number of carbonyl (C=O) groups excluding carboxylic acids is 2. The van der Waals surface area contributed by atoms with E-state index in [0.29, 0.717) is 29.6 Å². The Hall–Kier alpha value is -1.16. The van der Waals surface area contributed by atoms with Crippen LogP contribution in [0.1, 0.15) is 26.2 Å². The fourth-order valence-electron chi connectivity index (χ4n) is 5.59. The highest BCUT2D eigenvalue weighted by atomic mass is 16.1. The molecular weight excluding hydrogens is 252 g/mol. The van der Waals surface area contributed by atoms with Crippen molar-refractivity contribution in [1.82, 2.24) is 4.90 Å². The standard InChI is InChI=1S/C16H22N2O2/c1-8-4-12-11-6-9-7-18(13(11)5-8)15(12)16(20)10(9)2-3-14(17)19/h2-3,8-13,15H,4-7H2,1H3,(H2,17,19)/b3-2+. The second-order valence-electron chi connectivity index (χ2n) is 7.30. The minimum atomic E-state index is -0.448. The van der Waals surface area contributed by atoms with Gasteiger partial charge in [-0.25, -0.2) is 0 Å². The molecule has 0 radical (unpaired) electrons. The molecule has 4 heteroatoms. The molecule has 0 aromatic carbocycles. The van der Waals surface area contributed by atoms with Crippen molar-refractivity contribution < 1.29 is 9.59 Å². The highest BCUT2D eigenvalue weighted by Gasteiger charge is 2.62. The smallest absolute Gasteiger partial charge is 0.241 e. The van der Waals surface area contributed by atoms with Crippen LogP contribution >= 0.6 is 0 Å². The highest BCUT2D eigenvalue weighted by molar-refractivity contribution is 5.92. The number of Topliss-reactive ketones (excluding diaryl/α,β-unsaturated/α-hetero) is 1. The third kappa shape index (κ3) is 1.57. The van der Waals surface area contributed by atoms with Crippen molar-refractivity contribution in [2.24, 2.45) is 35.3 Å². The normalized spacial score (nSPS) is 52.8. The first-order valence-corrected chi connectivity index (χ1v) is 7.83. The molecule has 3 aliphatic heterocycles. The van der Waals surface area contributed by atoms with Gasteiger partial charge in [-0.3, -0.25) is 14.5 Å². The van der Waals surface area contributed by atoms with Gasteiger partial charge in [-0.2, -0.15) is 0 Å². The molecule has 20 heavy (non-hydrogen) atoms. The molecule has 1 amide bonds. The monoisotopic (exact) mass is 274 g/mol. The van der Waals surface area contributed by atoms with Gasteiger partial charge < -0.3 is 5.73 Å². The largest absolute Gasteiger partial charge is 0.366 e. The van der Waals surface area contributed by atoms with Gasteiger partial charge in [-0.1, -0.05) is 13.0 Å². The number of carbonyl (C=O) groups is 2. The van der Waals surface area contributed by atoms with Crippen LogP contribution in [-0.2, 0) is 9.59 Å². The predicted molar refractivity (Wildman–Crippen MR) is 74.6 cm³/mol. The number of primary amides is 1. The van der Waals surface area contributed by atoms with Crippen LogP contribution in [0.5, 0.6) is 0 Å². The molecule has 108 valence electrons. The lowest BCUT2D eigenvalue weighted by atomic mass is 9.70. The van der Waals surface area contributed by atoms with E-state index in [1.165, 1.54) is 18.9 Å². The van der Waals surface area contributed by atoms with E-state index in [-0.39, 0.29) is 12.0 Å². The van der Waals surface area contributed by atoms with Gasteiger partial charge >= 0.3 is 0 Å². The van der Waals surface area contributed by atoms with E-state index < -0.39 is 5.91 Å². The van der Waals surface area contributed by atoms with Crippen molar-refractivity contribution in [2.75, 3.05) is 6.54 Å².